The lowest BCUT2D eigenvalue weighted by Gasteiger charge is -2.26. The van der Waals surface area contributed by atoms with Gasteiger partial charge in [0.2, 0.25) is 0 Å². The van der Waals surface area contributed by atoms with Crippen LogP contribution in [0.2, 0.25) is 4.24 Å². The van der Waals surface area contributed by atoms with Crippen LogP contribution in [0, 0.1) is 12.7 Å². The molecule has 1 unspecified atom stereocenters. The third kappa shape index (κ3) is 5.75. The van der Waals surface area contributed by atoms with Crippen molar-refractivity contribution in [1.82, 2.24) is 5.31 Å². The quantitative estimate of drug-likeness (QED) is 0.278. The smallest absolute Gasteiger partial charge is 0.405 e. The fourth-order valence-electron chi connectivity index (χ4n) is 2.39. The number of carbonyl (C=O) groups excluding carboxylic acids is 1. The van der Waals surface area contributed by atoms with E-state index in [4.69, 9.17) is 25.1 Å². The monoisotopic (exact) mass is 536 g/mol. The molecule has 0 aliphatic heterocycles. The number of halogens is 1. The number of nitrogens with one attached hydrogen (secondary N) is 3. The number of benzene rings is 2. The zero-order valence-electron chi connectivity index (χ0n) is 32.9. The molecule has 1 atom stereocenters. The first-order valence-electron chi connectivity index (χ1n) is 16.8. The fraction of sp³-hybridized carbons (Fsp3) is 0.217. The van der Waals surface area contributed by atoms with E-state index in [0.717, 1.165) is 0 Å². The molecule has 0 saturated carbocycles. The van der Waals surface area contributed by atoms with E-state index >= 15 is 4.39 Å². The van der Waals surface area contributed by atoms with Crippen LogP contribution in [0.15, 0.2) is 57.7 Å². The molecule has 0 fully saturated rings. The number of rotatable bonds is 9. The lowest BCUT2D eigenvalue weighted by molar-refractivity contribution is -0.123. The number of ether oxygens (including phenoxy) is 1. The summed E-state index contributed by atoms with van der Waals surface area (Å²) in [7, 11) is -9.62. The highest BCUT2D eigenvalue weighted by atomic mass is 32.2. The number of carbonyl (C=O) groups is 2. The minimum atomic E-state index is -5.99. The zero-order chi connectivity index (χ0) is 39.5. The maximum Gasteiger partial charge on any atom is 0.405 e. The van der Waals surface area contributed by atoms with E-state index in [1.165, 1.54) is 0 Å². The molecular weight excluding hydrogens is 497 g/mol. The van der Waals surface area contributed by atoms with Crippen LogP contribution in [0.1, 0.15) is 29.1 Å². The van der Waals surface area contributed by atoms with Crippen LogP contribution in [-0.4, -0.2) is 49.8 Å². The Hall–Kier alpha value is -4.10. The van der Waals surface area contributed by atoms with Crippen molar-refractivity contribution >= 4 is 33.4 Å². The van der Waals surface area contributed by atoms with Gasteiger partial charge in [0.15, 0.2) is 4.24 Å². The Bertz CT molecular complexity index is 2020. The number of anilines is 2. The Labute approximate surface area is 227 Å². The Morgan fingerprint density at radius 2 is 2.03 bits per heavy atom. The molecule has 1 aromatic heterocycles. The summed E-state index contributed by atoms with van der Waals surface area (Å²) in [6.07, 6.45) is -2.13. The second-order valence-corrected chi connectivity index (χ2v) is 8.35. The van der Waals surface area contributed by atoms with Gasteiger partial charge < -0.3 is 30.0 Å². The first-order chi connectivity index (χ1) is 23.2. The van der Waals surface area contributed by atoms with E-state index in [2.05, 4.69) is 4.74 Å². The maximum atomic E-state index is 15.7. The fourth-order valence-corrected chi connectivity index (χ4v) is 3.25. The normalized spacial score (nSPS) is 19.1. The van der Waals surface area contributed by atoms with Crippen molar-refractivity contribution in [2.45, 2.75) is 24.3 Å². The molecule has 0 aliphatic carbocycles. The van der Waals surface area contributed by atoms with Crippen LogP contribution in [0.25, 0.3) is 11.3 Å². The first kappa shape index (κ1) is 12.7. The number of sulfonamides is 1. The lowest BCUT2D eigenvalue weighted by atomic mass is 10.0. The van der Waals surface area contributed by atoms with Crippen LogP contribution >= 0.6 is 0 Å². The van der Waals surface area contributed by atoms with Crippen molar-refractivity contribution in [3.8, 4) is 17.1 Å². The Kier molecular flexibility index (Phi) is 3.63. The Balaban J connectivity index is 2.41. The van der Waals surface area contributed by atoms with E-state index < -0.39 is 157 Å². The molecule has 3 rings (SSSR count). The predicted octanol–water partition coefficient (Wildman–Crippen LogP) is 3.16. The second kappa shape index (κ2) is 10.3. The summed E-state index contributed by atoms with van der Waals surface area (Å²) in [4.78, 5) is 22.8. The van der Waals surface area contributed by atoms with Gasteiger partial charge in [0.05, 0.1) is 44.9 Å². The topological polar surface area (TPSA) is 167 Å². The van der Waals surface area contributed by atoms with Crippen LogP contribution in [0.3, 0.4) is 0 Å². The average molecular weight is 537 g/mol. The van der Waals surface area contributed by atoms with Gasteiger partial charge in [-0.2, -0.15) is 0 Å². The lowest BCUT2D eigenvalue weighted by Crippen LogP contribution is -2.56. The molecule has 2 amide bonds. The maximum absolute atomic E-state index is 15.7. The Morgan fingerprint density at radius 3 is 2.67 bits per heavy atom. The van der Waals surface area contributed by atoms with Gasteiger partial charge >= 0.3 is 6.09 Å². The molecule has 0 radical (unpaired) electrons. The van der Waals surface area contributed by atoms with Crippen molar-refractivity contribution in [3.63, 3.8) is 0 Å². The van der Waals surface area contributed by atoms with Gasteiger partial charge in [-0.3, -0.25) is 9.51 Å². The highest BCUT2D eigenvalue weighted by Gasteiger charge is 2.34. The zero-order valence-corrected chi connectivity index (χ0v) is 18.7. The molecule has 192 valence electrons. The molecule has 1 heterocycles. The summed E-state index contributed by atoms with van der Waals surface area (Å²) >= 11 is 0. The van der Waals surface area contributed by atoms with Gasteiger partial charge in [0, 0.05) is 7.06 Å². The molecular formula is C23H24FN3O8S. The highest BCUT2D eigenvalue weighted by Crippen LogP contribution is 2.32. The molecule has 0 saturated heterocycles. The highest BCUT2D eigenvalue weighted by molar-refractivity contribution is 7.92. The van der Waals surface area contributed by atoms with Crippen LogP contribution in [0.5, 0.6) is 5.75 Å². The minimum absolute atomic E-state index is 0.481. The summed E-state index contributed by atoms with van der Waals surface area (Å²) in [5.41, 5.74) is -7.15. The SMILES string of the molecule is [2H]Cc1oc(-c2c([2H])c([2H])c(S(=O)(=O)N([2H])c3c([2H])c(N([2H])C(=O)C(C)(CO)N([2H])C(=O)O)c([2H])c([2H])c3OC([2H])([2H])[2H])c([2H])c2F)c([2H])c1[2H]. The minimum Gasteiger partial charge on any atom is -0.495 e. The van der Waals surface area contributed by atoms with Crippen molar-refractivity contribution in [3.05, 3.63) is 59.9 Å². The van der Waals surface area contributed by atoms with Crippen molar-refractivity contribution in [1.29, 1.82) is 0 Å². The van der Waals surface area contributed by atoms with Gasteiger partial charge in [0.1, 0.15) is 28.6 Å². The van der Waals surface area contributed by atoms with Crippen LogP contribution < -0.4 is 20.1 Å². The van der Waals surface area contributed by atoms with Crippen molar-refractivity contribution in [2.24, 2.45) is 0 Å². The molecule has 0 aliphatic rings. The van der Waals surface area contributed by atoms with E-state index in [0.29, 0.717) is 6.92 Å². The van der Waals surface area contributed by atoms with Gasteiger partial charge in [-0.05, 0) is 62.2 Å². The van der Waals surface area contributed by atoms with E-state index in [-0.39, 0.29) is 0 Å². The Morgan fingerprint density at radius 1 is 1.25 bits per heavy atom. The van der Waals surface area contributed by atoms with Gasteiger partial charge in [0.25, 0.3) is 15.9 Å². The molecule has 36 heavy (non-hydrogen) atoms. The van der Waals surface area contributed by atoms with Gasteiger partial charge in [-0.25, -0.2) is 17.6 Å². The summed E-state index contributed by atoms with van der Waals surface area (Å²) in [5, 5.41) is 17.9. The number of hydrogen-bond acceptors (Lipinski definition) is 7. The van der Waals surface area contributed by atoms with Crippen LogP contribution in [0.4, 0.5) is 20.6 Å². The summed E-state index contributed by atoms with van der Waals surface area (Å²) < 4.78 is 172. The number of hydrogen-bond donors (Lipinski definition) is 5. The number of aliphatic hydroxyl groups excluding tert-OH is 1. The molecule has 0 spiro atoms. The third-order valence-corrected chi connectivity index (χ3v) is 5.30. The molecule has 0 bridgehead atoms. The van der Waals surface area contributed by atoms with Crippen LogP contribution in [-0.2, 0) is 14.8 Å². The largest absolute Gasteiger partial charge is 0.495 e. The first-order valence-corrected chi connectivity index (χ1v) is 10.7. The second-order valence-electron chi connectivity index (χ2n) is 6.81. The van der Waals surface area contributed by atoms with Crippen molar-refractivity contribution < 1.29 is 62.4 Å². The number of furan rings is 1. The number of carboxylic acid groups (broad SMARTS) is 1. The molecule has 2 aromatic carbocycles. The number of amides is 2. The molecule has 13 heteroatoms. The van der Waals surface area contributed by atoms with E-state index in [9.17, 15) is 28.2 Å². The number of aryl methyl sites for hydroxylation is 1. The third-order valence-electron chi connectivity index (χ3n) is 4.15. The predicted molar refractivity (Wildman–Crippen MR) is 128 cm³/mol. The number of methoxy groups -OCH3 is 1. The van der Waals surface area contributed by atoms with Crippen molar-refractivity contribution in [2.75, 3.05) is 23.7 Å². The molecule has 11 nitrogen and oxygen atoms in total. The number of aliphatic hydroxyl groups is 1. The average Bonchev–Trinajstić information content (AvgIpc) is 3.32. The van der Waals surface area contributed by atoms with Gasteiger partial charge in [-0.15, -0.1) is 0 Å². The summed E-state index contributed by atoms with van der Waals surface area (Å²) in [5.74, 6) is -6.79. The summed E-state index contributed by atoms with van der Waals surface area (Å²) in [6.45, 7) is -1.58. The van der Waals surface area contributed by atoms with E-state index in [1.54, 1.807) is 0 Å². The molecule has 3 aromatic rings. The van der Waals surface area contributed by atoms with Gasteiger partial charge in [-0.1, -0.05) is 0 Å². The summed E-state index contributed by atoms with van der Waals surface area (Å²) in [6, 6.07) is -10.9. The standard InChI is InChI=1S/C23H24FN3O8S/c1-13-4-8-19(35-13)16-7-6-15(11-17(16)24)36(32,33)27-18-10-14(5-9-20(18)34-3)25-21(29)23(2,12-28)26-22(30)31/h4-11,26-28H,12H2,1-3H3,(H,25,29)(H,30,31)/i1D,3D3,4D,5D,6D,7D,8D,9D,10D,11D/hD3. The van der Waals surface area contributed by atoms with E-state index in [1.807, 2.05) is 0 Å². The molecule has 5 N–H and O–H groups in total.